The highest BCUT2D eigenvalue weighted by Gasteiger charge is 2.17. The van der Waals surface area contributed by atoms with Crippen molar-refractivity contribution in [1.82, 2.24) is 4.98 Å². The minimum Gasteiger partial charge on any atom is -0.441 e. The number of amides is 1. The van der Waals surface area contributed by atoms with Gasteiger partial charge in [-0.25, -0.2) is 9.37 Å². The van der Waals surface area contributed by atoms with Gasteiger partial charge in [-0.05, 0) is 36.4 Å². The first-order valence-corrected chi connectivity index (χ1v) is 8.92. The molecule has 0 aliphatic rings. The van der Waals surface area contributed by atoms with Crippen LogP contribution < -0.4 is 4.90 Å². The lowest BCUT2D eigenvalue weighted by Crippen LogP contribution is -2.13. The predicted molar refractivity (Wildman–Crippen MR) is 102 cm³/mol. The van der Waals surface area contributed by atoms with E-state index >= 15 is 0 Å². The van der Waals surface area contributed by atoms with Gasteiger partial charge in [0, 0.05) is 17.4 Å². The molecule has 0 spiro atoms. The maximum atomic E-state index is 14.0. The average Bonchev–Trinajstić information content (AvgIpc) is 3.22. The molecule has 0 aliphatic heterocycles. The third-order valence-electron chi connectivity index (χ3n) is 3.90. The summed E-state index contributed by atoms with van der Waals surface area (Å²) >= 11 is 7.73. The van der Waals surface area contributed by atoms with Crippen molar-refractivity contribution in [3.63, 3.8) is 0 Å². The first-order chi connectivity index (χ1) is 12.6. The highest BCUT2D eigenvalue weighted by Crippen LogP contribution is 2.40. The molecule has 0 unspecified atom stereocenters. The van der Waals surface area contributed by atoms with Crippen LogP contribution in [0.4, 0.5) is 15.1 Å². The minimum absolute atomic E-state index is 0.198. The lowest BCUT2D eigenvalue weighted by molar-refractivity contribution is -0.106. The third-order valence-corrected chi connectivity index (χ3v) is 5.33. The summed E-state index contributed by atoms with van der Waals surface area (Å²) in [6.07, 6.45) is 0.596. The molecular weight excluding hydrogens is 375 g/mol. The monoisotopic (exact) mass is 386 g/mol. The van der Waals surface area contributed by atoms with Crippen LogP contribution >= 0.6 is 22.9 Å². The van der Waals surface area contributed by atoms with E-state index in [1.165, 1.54) is 22.3 Å². The van der Waals surface area contributed by atoms with Gasteiger partial charge in [-0.2, -0.15) is 0 Å². The zero-order valence-electron chi connectivity index (χ0n) is 13.6. The molecule has 26 heavy (non-hydrogen) atoms. The fourth-order valence-electron chi connectivity index (χ4n) is 2.73. The van der Waals surface area contributed by atoms with Gasteiger partial charge in [-0.3, -0.25) is 9.69 Å². The third kappa shape index (κ3) is 2.87. The van der Waals surface area contributed by atoms with Crippen LogP contribution in [0.1, 0.15) is 5.89 Å². The van der Waals surface area contributed by atoms with Crippen LogP contribution in [0.15, 0.2) is 52.9 Å². The number of aryl methyl sites for hydroxylation is 1. The number of para-hydroxylation sites is 1. The van der Waals surface area contributed by atoms with Crippen molar-refractivity contribution >= 4 is 51.1 Å². The molecule has 130 valence electrons. The van der Waals surface area contributed by atoms with Crippen molar-refractivity contribution in [1.29, 1.82) is 0 Å². The molecule has 0 atom stereocenters. The molecule has 0 aliphatic carbocycles. The van der Waals surface area contributed by atoms with Gasteiger partial charge in [0.25, 0.3) is 0 Å². The molecule has 0 N–H and O–H groups in total. The Labute approximate surface area is 157 Å². The highest BCUT2D eigenvalue weighted by atomic mass is 35.5. The topological polar surface area (TPSA) is 46.3 Å². The molecule has 1 amide bonds. The summed E-state index contributed by atoms with van der Waals surface area (Å²) < 4.78 is 19.6. The van der Waals surface area contributed by atoms with Crippen LogP contribution in [-0.4, -0.2) is 11.4 Å². The van der Waals surface area contributed by atoms with Crippen molar-refractivity contribution in [2.24, 2.45) is 0 Å². The Morgan fingerprint density at radius 3 is 2.81 bits per heavy atom. The Morgan fingerprint density at radius 2 is 2.04 bits per heavy atom. The van der Waals surface area contributed by atoms with Gasteiger partial charge >= 0.3 is 0 Å². The maximum absolute atomic E-state index is 14.0. The van der Waals surface area contributed by atoms with Gasteiger partial charge < -0.3 is 4.42 Å². The van der Waals surface area contributed by atoms with Crippen LogP contribution in [0, 0.1) is 12.7 Å². The van der Waals surface area contributed by atoms with E-state index in [1.807, 2.05) is 12.1 Å². The van der Waals surface area contributed by atoms with Crippen molar-refractivity contribution in [3.8, 4) is 10.4 Å². The zero-order chi connectivity index (χ0) is 18.3. The van der Waals surface area contributed by atoms with Crippen molar-refractivity contribution in [3.05, 3.63) is 65.3 Å². The molecule has 0 radical (unpaired) electrons. The second-order valence-electron chi connectivity index (χ2n) is 5.60. The molecule has 2 heterocycles. The summed E-state index contributed by atoms with van der Waals surface area (Å²) in [7, 11) is 0. The lowest BCUT2D eigenvalue weighted by Gasteiger charge is -2.15. The molecule has 4 nitrogen and oxygen atoms in total. The van der Waals surface area contributed by atoms with Gasteiger partial charge in [0.15, 0.2) is 11.5 Å². The number of anilines is 2. The number of rotatable bonds is 4. The van der Waals surface area contributed by atoms with Gasteiger partial charge in [0.2, 0.25) is 6.41 Å². The number of fused-ring (bicyclic) bond motifs is 1. The van der Waals surface area contributed by atoms with Crippen LogP contribution in [0.5, 0.6) is 0 Å². The number of hydrogen-bond acceptors (Lipinski definition) is 4. The Balaban J connectivity index is 1.77. The highest BCUT2D eigenvalue weighted by molar-refractivity contribution is 7.19. The summed E-state index contributed by atoms with van der Waals surface area (Å²) in [6, 6.07) is 13.3. The average molecular weight is 387 g/mol. The number of aromatic nitrogens is 1. The Kier molecular flexibility index (Phi) is 4.22. The Morgan fingerprint density at radius 1 is 1.23 bits per heavy atom. The van der Waals surface area contributed by atoms with Gasteiger partial charge in [-0.15, -0.1) is 11.3 Å². The van der Waals surface area contributed by atoms with E-state index < -0.39 is 5.82 Å². The van der Waals surface area contributed by atoms with Crippen LogP contribution in [0.25, 0.3) is 21.5 Å². The molecule has 0 bridgehead atoms. The molecule has 2 aromatic carbocycles. The van der Waals surface area contributed by atoms with Crippen LogP contribution in [0.2, 0.25) is 5.02 Å². The number of hydrogen-bond donors (Lipinski definition) is 0. The number of thiophene rings is 1. The molecule has 7 heteroatoms. The van der Waals surface area contributed by atoms with E-state index in [9.17, 15) is 9.18 Å². The van der Waals surface area contributed by atoms with E-state index in [0.29, 0.717) is 33.4 Å². The largest absolute Gasteiger partial charge is 0.441 e. The summed E-state index contributed by atoms with van der Waals surface area (Å²) in [5, 5.41) is 1.12. The van der Waals surface area contributed by atoms with Crippen LogP contribution in [0.3, 0.4) is 0 Å². The number of halogens is 2. The SMILES string of the molecule is Cc1nc2cc(Cl)c(-c3ccc(N(C=O)c4ccccc4F)s3)cc2o1. The van der Waals surface area contributed by atoms with E-state index in [-0.39, 0.29) is 5.69 Å². The molecule has 0 saturated carbocycles. The number of benzene rings is 2. The van der Waals surface area contributed by atoms with Gasteiger partial charge in [0.05, 0.1) is 10.7 Å². The molecule has 4 aromatic rings. The Bertz CT molecular complexity index is 1120. The molecule has 0 fully saturated rings. The first-order valence-electron chi connectivity index (χ1n) is 7.73. The Hall–Kier alpha value is -2.70. The maximum Gasteiger partial charge on any atom is 0.219 e. The van der Waals surface area contributed by atoms with Gasteiger partial charge in [0.1, 0.15) is 16.3 Å². The quantitative estimate of drug-likeness (QED) is 0.407. The minimum atomic E-state index is -0.467. The number of carbonyl (C=O) groups excluding carboxylic acids is 1. The fraction of sp³-hybridized carbons (Fsp3) is 0.0526. The molecule has 4 rings (SSSR count). The number of oxazole rings is 1. The lowest BCUT2D eigenvalue weighted by atomic mass is 10.2. The number of carbonyl (C=O) groups is 1. The van der Waals surface area contributed by atoms with Crippen molar-refractivity contribution in [2.45, 2.75) is 6.92 Å². The number of nitrogens with zero attached hydrogens (tertiary/aromatic N) is 2. The summed E-state index contributed by atoms with van der Waals surface area (Å²) in [5.74, 6) is 0.0953. The van der Waals surface area contributed by atoms with Crippen molar-refractivity contribution in [2.75, 3.05) is 4.90 Å². The van der Waals surface area contributed by atoms with Gasteiger partial charge in [-0.1, -0.05) is 23.7 Å². The first kappa shape index (κ1) is 16.8. The summed E-state index contributed by atoms with van der Waals surface area (Å²) in [4.78, 5) is 17.9. The van der Waals surface area contributed by atoms with E-state index in [1.54, 1.807) is 37.3 Å². The molecular formula is C19H12ClFN2O2S. The zero-order valence-corrected chi connectivity index (χ0v) is 15.1. The predicted octanol–water partition coefficient (Wildman–Crippen LogP) is 5.95. The van der Waals surface area contributed by atoms with Crippen molar-refractivity contribution < 1.29 is 13.6 Å². The second-order valence-corrected chi connectivity index (χ2v) is 7.07. The van der Waals surface area contributed by atoms with E-state index in [2.05, 4.69) is 4.98 Å². The fourth-order valence-corrected chi connectivity index (χ4v) is 4.06. The molecule has 0 saturated heterocycles. The second kappa shape index (κ2) is 6.55. The van der Waals surface area contributed by atoms with Crippen LogP contribution in [-0.2, 0) is 4.79 Å². The smallest absolute Gasteiger partial charge is 0.219 e. The summed E-state index contributed by atoms with van der Waals surface area (Å²) in [5.41, 5.74) is 2.29. The van der Waals surface area contributed by atoms with E-state index in [0.717, 1.165) is 10.4 Å². The van der Waals surface area contributed by atoms with E-state index in [4.69, 9.17) is 16.0 Å². The standard InChI is InChI=1S/C19H12ClFN2O2S/c1-11-22-15-9-13(20)12(8-17(15)25-11)18-6-7-19(26-18)23(10-24)16-5-3-2-4-14(16)21/h2-10H,1H3. The normalized spacial score (nSPS) is 11.0. The molecule has 2 aromatic heterocycles. The summed E-state index contributed by atoms with van der Waals surface area (Å²) in [6.45, 7) is 1.77.